The first kappa shape index (κ1) is 20.8. The number of carbonyl (C=O) groups excluding carboxylic acids is 2. The van der Waals surface area contributed by atoms with Gasteiger partial charge in [0.2, 0.25) is 5.91 Å². The Balaban J connectivity index is 1.64. The molecule has 2 aliphatic rings. The van der Waals surface area contributed by atoms with Crippen LogP contribution in [0, 0.1) is 11.8 Å². The lowest BCUT2D eigenvalue weighted by molar-refractivity contribution is -0.125. The maximum absolute atomic E-state index is 13.5. The molecule has 0 spiro atoms. The van der Waals surface area contributed by atoms with E-state index < -0.39 is 18.3 Å². The SMILES string of the molecule is C=CC(O)c1ccc2oc3cc4c(cc3c2c1)N(C(=O)C1CCC(C)CC1)C(C)OC4=O. The molecular formula is C26H27NO5. The zero-order valence-corrected chi connectivity index (χ0v) is 18.3. The molecule has 1 aliphatic carbocycles. The van der Waals surface area contributed by atoms with Gasteiger partial charge in [-0.3, -0.25) is 9.69 Å². The van der Waals surface area contributed by atoms with Crippen molar-refractivity contribution in [1.29, 1.82) is 0 Å². The van der Waals surface area contributed by atoms with Gasteiger partial charge < -0.3 is 14.3 Å². The van der Waals surface area contributed by atoms with E-state index in [1.807, 2.05) is 12.1 Å². The number of rotatable bonds is 3. The Morgan fingerprint density at radius 1 is 1.12 bits per heavy atom. The number of aliphatic hydroxyl groups is 1. The Hall–Kier alpha value is -3.12. The third-order valence-corrected chi connectivity index (χ3v) is 6.90. The highest BCUT2D eigenvalue weighted by atomic mass is 16.6. The van der Waals surface area contributed by atoms with E-state index in [1.165, 1.54) is 6.08 Å². The van der Waals surface area contributed by atoms with Gasteiger partial charge >= 0.3 is 5.97 Å². The lowest BCUT2D eigenvalue weighted by Gasteiger charge is -2.37. The lowest BCUT2D eigenvalue weighted by Crippen LogP contribution is -2.48. The van der Waals surface area contributed by atoms with Gasteiger partial charge in [-0.25, -0.2) is 4.79 Å². The second kappa shape index (κ2) is 7.78. The van der Waals surface area contributed by atoms with Crippen LogP contribution in [0.3, 0.4) is 0 Å². The zero-order valence-electron chi connectivity index (χ0n) is 18.3. The third-order valence-electron chi connectivity index (χ3n) is 6.90. The third kappa shape index (κ3) is 3.30. The van der Waals surface area contributed by atoms with Gasteiger partial charge in [-0.1, -0.05) is 19.1 Å². The van der Waals surface area contributed by atoms with E-state index in [-0.39, 0.29) is 11.8 Å². The highest BCUT2D eigenvalue weighted by molar-refractivity contribution is 6.13. The summed E-state index contributed by atoms with van der Waals surface area (Å²) in [6.45, 7) is 7.61. The summed E-state index contributed by atoms with van der Waals surface area (Å²) in [6.07, 6.45) is 3.78. The predicted octanol–water partition coefficient (Wildman–Crippen LogP) is 5.48. The number of ether oxygens (including phenoxy) is 1. The molecule has 1 N–H and O–H groups in total. The van der Waals surface area contributed by atoms with E-state index in [0.29, 0.717) is 33.9 Å². The summed E-state index contributed by atoms with van der Waals surface area (Å²) in [4.78, 5) is 27.8. The summed E-state index contributed by atoms with van der Waals surface area (Å²) in [5, 5.41) is 11.8. The van der Waals surface area contributed by atoms with Gasteiger partial charge in [-0.2, -0.15) is 0 Å². The largest absolute Gasteiger partial charge is 0.456 e. The first-order valence-corrected chi connectivity index (χ1v) is 11.2. The Morgan fingerprint density at radius 2 is 1.84 bits per heavy atom. The first-order chi connectivity index (χ1) is 15.4. The molecule has 2 aromatic carbocycles. The van der Waals surface area contributed by atoms with Gasteiger partial charge in [-0.15, -0.1) is 6.58 Å². The number of hydrogen-bond acceptors (Lipinski definition) is 5. The topological polar surface area (TPSA) is 80.0 Å². The van der Waals surface area contributed by atoms with Gasteiger partial charge in [0.1, 0.15) is 11.2 Å². The van der Waals surface area contributed by atoms with Crippen LogP contribution in [0.5, 0.6) is 0 Å². The number of aliphatic hydroxyl groups excluding tert-OH is 1. The smallest absolute Gasteiger partial charge is 0.342 e. The van der Waals surface area contributed by atoms with Crippen LogP contribution >= 0.6 is 0 Å². The second-order valence-corrected chi connectivity index (χ2v) is 9.07. The van der Waals surface area contributed by atoms with Gasteiger partial charge in [0, 0.05) is 16.7 Å². The maximum Gasteiger partial charge on any atom is 0.342 e. The molecule has 1 amide bonds. The molecule has 2 atom stereocenters. The highest BCUT2D eigenvalue weighted by Gasteiger charge is 2.38. The van der Waals surface area contributed by atoms with E-state index in [1.54, 1.807) is 30.0 Å². The average molecular weight is 434 g/mol. The minimum absolute atomic E-state index is 0.00747. The van der Waals surface area contributed by atoms with Gasteiger partial charge in [0.15, 0.2) is 6.23 Å². The predicted molar refractivity (Wildman–Crippen MR) is 122 cm³/mol. The van der Waals surface area contributed by atoms with Crippen LogP contribution in [0.25, 0.3) is 21.9 Å². The van der Waals surface area contributed by atoms with Crippen molar-refractivity contribution in [3.05, 3.63) is 54.1 Å². The number of amides is 1. The average Bonchev–Trinajstić information content (AvgIpc) is 3.14. The molecule has 6 nitrogen and oxygen atoms in total. The number of hydrogen-bond donors (Lipinski definition) is 1. The molecule has 2 unspecified atom stereocenters. The first-order valence-electron chi connectivity index (χ1n) is 11.2. The molecule has 1 fully saturated rings. The van der Waals surface area contributed by atoms with Crippen molar-refractivity contribution in [2.75, 3.05) is 4.90 Å². The number of fused-ring (bicyclic) bond motifs is 4. The molecular weight excluding hydrogens is 406 g/mol. The van der Waals surface area contributed by atoms with Crippen molar-refractivity contribution in [2.45, 2.75) is 51.9 Å². The zero-order chi connectivity index (χ0) is 22.6. The number of esters is 1. The van der Waals surface area contributed by atoms with Crippen molar-refractivity contribution >= 4 is 39.5 Å². The summed E-state index contributed by atoms with van der Waals surface area (Å²) in [6, 6.07) is 8.95. The normalized spacial score (nSPS) is 24.3. The fourth-order valence-corrected chi connectivity index (χ4v) is 4.98. The van der Waals surface area contributed by atoms with Crippen molar-refractivity contribution in [3.8, 4) is 0 Å². The van der Waals surface area contributed by atoms with Crippen LogP contribution in [-0.4, -0.2) is 23.2 Å². The Kier molecular flexibility index (Phi) is 5.05. The monoisotopic (exact) mass is 433 g/mol. The van der Waals surface area contributed by atoms with E-state index in [9.17, 15) is 14.7 Å². The number of nitrogens with zero attached hydrogens (tertiary/aromatic N) is 1. The molecule has 1 aromatic heterocycles. The summed E-state index contributed by atoms with van der Waals surface area (Å²) < 4.78 is 11.5. The number of furan rings is 1. The van der Waals surface area contributed by atoms with Gasteiger partial charge in [0.25, 0.3) is 0 Å². The number of benzene rings is 2. The quantitative estimate of drug-likeness (QED) is 0.437. The highest BCUT2D eigenvalue weighted by Crippen LogP contribution is 2.40. The van der Waals surface area contributed by atoms with E-state index in [0.717, 1.165) is 36.5 Å². The van der Waals surface area contributed by atoms with Crippen LogP contribution < -0.4 is 4.90 Å². The molecule has 6 heteroatoms. The minimum Gasteiger partial charge on any atom is -0.456 e. The molecule has 32 heavy (non-hydrogen) atoms. The summed E-state index contributed by atoms with van der Waals surface area (Å²) >= 11 is 0. The molecule has 3 aromatic rings. The molecule has 0 radical (unpaired) electrons. The van der Waals surface area contributed by atoms with Crippen LogP contribution in [0.1, 0.15) is 61.6 Å². The summed E-state index contributed by atoms with van der Waals surface area (Å²) in [5.74, 6) is 0.122. The summed E-state index contributed by atoms with van der Waals surface area (Å²) in [7, 11) is 0. The standard InChI is InChI=1S/C26H27NO5/c1-4-22(28)17-9-10-23-18(11-17)19-12-21-20(13-24(19)32-23)26(30)31-15(3)27(21)25(29)16-7-5-14(2)6-8-16/h4,9-16,22,28H,1,5-8H2,2-3H3. The fraction of sp³-hybridized carbons (Fsp3) is 0.385. The molecule has 5 rings (SSSR count). The maximum atomic E-state index is 13.5. The van der Waals surface area contributed by atoms with Crippen LogP contribution in [0.2, 0.25) is 0 Å². The van der Waals surface area contributed by atoms with Crippen LogP contribution in [-0.2, 0) is 9.53 Å². The van der Waals surface area contributed by atoms with Crippen LogP contribution in [0.4, 0.5) is 5.69 Å². The van der Waals surface area contributed by atoms with Crippen LogP contribution in [0.15, 0.2) is 47.4 Å². The lowest BCUT2D eigenvalue weighted by atomic mass is 9.82. The second-order valence-electron chi connectivity index (χ2n) is 9.07. The van der Waals surface area contributed by atoms with Crippen molar-refractivity contribution < 1.29 is 23.8 Å². The number of cyclic esters (lactones) is 1. The fourth-order valence-electron chi connectivity index (χ4n) is 4.98. The Morgan fingerprint density at radius 3 is 2.56 bits per heavy atom. The number of anilines is 1. The molecule has 2 heterocycles. The molecule has 0 saturated heterocycles. The van der Waals surface area contributed by atoms with Crippen molar-refractivity contribution in [3.63, 3.8) is 0 Å². The van der Waals surface area contributed by atoms with Gasteiger partial charge in [-0.05, 0) is 68.4 Å². The molecule has 166 valence electrons. The van der Waals surface area contributed by atoms with Crippen molar-refractivity contribution in [1.82, 2.24) is 0 Å². The molecule has 0 bridgehead atoms. The molecule has 1 aliphatic heterocycles. The minimum atomic E-state index is -0.788. The Bertz CT molecular complexity index is 1230. The van der Waals surface area contributed by atoms with E-state index in [4.69, 9.17) is 9.15 Å². The van der Waals surface area contributed by atoms with E-state index >= 15 is 0 Å². The summed E-state index contributed by atoms with van der Waals surface area (Å²) in [5.41, 5.74) is 2.77. The van der Waals surface area contributed by atoms with Crippen molar-refractivity contribution in [2.24, 2.45) is 11.8 Å². The Labute approximate surface area is 186 Å². The van der Waals surface area contributed by atoms with Gasteiger partial charge in [0.05, 0.1) is 17.4 Å². The number of carbonyl (C=O) groups is 2. The molecule has 1 saturated carbocycles. The van der Waals surface area contributed by atoms with E-state index in [2.05, 4.69) is 13.5 Å².